The monoisotopic (exact) mass is 620 g/mol. The van der Waals surface area contributed by atoms with Crippen LogP contribution in [0.2, 0.25) is 0 Å². The van der Waals surface area contributed by atoms with Crippen LogP contribution in [0.3, 0.4) is 0 Å². The molecule has 1 atom stereocenters. The van der Waals surface area contributed by atoms with Crippen molar-refractivity contribution in [3.63, 3.8) is 0 Å². The van der Waals surface area contributed by atoms with Crippen molar-refractivity contribution in [1.29, 1.82) is 0 Å². The fourth-order valence-corrected chi connectivity index (χ4v) is 3.03. The number of carbonyl (C=O) groups is 1. The van der Waals surface area contributed by atoms with Gasteiger partial charge in [0.15, 0.2) is 5.88 Å². The molecule has 226 valence electrons. The molecule has 1 unspecified atom stereocenters. The number of methoxy groups -OCH3 is 1. The van der Waals surface area contributed by atoms with E-state index in [-0.39, 0.29) is 92.1 Å². The zero-order valence-electron chi connectivity index (χ0n) is 24.5. The number of benzene rings is 1. The third-order valence-corrected chi connectivity index (χ3v) is 5.42. The molecule has 0 fully saturated rings. The molecule has 3 aromatic rings. The number of amides is 1. The van der Waals surface area contributed by atoms with Gasteiger partial charge in [-0.05, 0) is 43.5 Å². The van der Waals surface area contributed by atoms with Gasteiger partial charge in [0.25, 0.3) is 0 Å². The Kier molecular flexibility index (Phi) is 19.3. The van der Waals surface area contributed by atoms with Gasteiger partial charge < -0.3 is 40.8 Å². The summed E-state index contributed by atoms with van der Waals surface area (Å²) in [4.78, 5) is 28.4. The van der Waals surface area contributed by atoms with Crippen LogP contribution in [0.4, 0.5) is 24.9 Å². The van der Waals surface area contributed by atoms with E-state index in [0.29, 0.717) is 30.6 Å². The first-order valence-corrected chi connectivity index (χ1v) is 12.6. The van der Waals surface area contributed by atoms with Crippen LogP contribution in [-0.4, -0.2) is 42.7 Å². The minimum atomic E-state index is -4.59. The average molecular weight is 621 g/mol. The van der Waals surface area contributed by atoms with Crippen LogP contribution in [0.5, 0.6) is 5.75 Å². The number of nitrogens with zero attached hydrogens (tertiary/aromatic N) is 3. The summed E-state index contributed by atoms with van der Waals surface area (Å²) in [7, 11) is 1.35. The van der Waals surface area contributed by atoms with Gasteiger partial charge in [0.05, 0.1) is 20.3 Å². The van der Waals surface area contributed by atoms with E-state index >= 15 is 0 Å². The third kappa shape index (κ3) is 12.4. The van der Waals surface area contributed by atoms with Crippen molar-refractivity contribution in [2.75, 3.05) is 32.6 Å². The molecule has 42 heavy (non-hydrogen) atoms. The molecule has 0 aliphatic carbocycles. The second-order valence-corrected chi connectivity index (χ2v) is 8.30. The second kappa shape index (κ2) is 20.5. The van der Waals surface area contributed by atoms with Crippen molar-refractivity contribution < 1.29 is 88.2 Å². The molecule has 15 heteroatoms. The van der Waals surface area contributed by atoms with E-state index in [1.807, 2.05) is 20.8 Å². The Morgan fingerprint density at radius 1 is 1.14 bits per heavy atom. The fraction of sp³-hybridized carbons (Fsp3) is 0.444. The molecule has 0 radical (unpaired) electrons. The average Bonchev–Trinajstić information content (AvgIpc) is 3.33. The van der Waals surface area contributed by atoms with Crippen LogP contribution in [-0.2, 0) is 20.6 Å². The number of pyridine rings is 1. The van der Waals surface area contributed by atoms with Crippen LogP contribution in [0, 0.1) is 18.8 Å². The van der Waals surface area contributed by atoms with Crippen molar-refractivity contribution in [3.8, 4) is 30.1 Å². The number of nitrogens with one attached hydrogen (secondary N) is 1. The zero-order valence-corrected chi connectivity index (χ0v) is 27.6. The number of fused-ring (bicyclic) bond motifs is 1. The van der Waals surface area contributed by atoms with Gasteiger partial charge in [-0.15, -0.1) is 12.8 Å². The largest absolute Gasteiger partial charge is 1.00 e. The summed E-state index contributed by atoms with van der Waals surface area (Å²) in [6, 6.07) is 5.24. The first kappa shape index (κ1) is 39.6. The first-order valence-electron chi connectivity index (χ1n) is 12.6. The molecule has 5 N–H and O–H groups in total. The Labute approximate surface area is 285 Å². The van der Waals surface area contributed by atoms with Crippen molar-refractivity contribution in [2.45, 2.75) is 46.2 Å². The Morgan fingerprint density at radius 2 is 1.81 bits per heavy atom. The van der Waals surface area contributed by atoms with Gasteiger partial charge in [0.2, 0.25) is 5.91 Å². The number of unbranched alkanes of at least 4 members (excludes halogenated alkanes) is 1. The minimum Gasteiger partial charge on any atom is -0.494 e. The number of hydrogen-bond donors (Lipinski definition) is 3. The van der Waals surface area contributed by atoms with Crippen molar-refractivity contribution in [2.24, 2.45) is 11.7 Å². The van der Waals surface area contributed by atoms with Gasteiger partial charge >= 0.3 is 57.6 Å². The number of carbonyl (C=O) groups excluding carboxylic acids is 1. The van der Waals surface area contributed by atoms with E-state index in [1.54, 1.807) is 6.07 Å². The van der Waals surface area contributed by atoms with Gasteiger partial charge in [-0.3, -0.25) is 4.79 Å². The number of oxazole rings is 1. The molecule has 0 bridgehead atoms. The molecule has 3 rings (SSSR count). The number of terminal acetylenes is 1. The van der Waals surface area contributed by atoms with Gasteiger partial charge in [0, 0.05) is 29.2 Å². The number of rotatable bonds is 13. The maximum Gasteiger partial charge on any atom is 1.00 e. The quantitative estimate of drug-likeness (QED) is 0.113. The number of alkyl halides is 3. The van der Waals surface area contributed by atoms with Crippen LogP contribution >= 0.6 is 0 Å². The number of hydroxylamine groups is 1. The molecule has 0 saturated carbocycles. The van der Waals surface area contributed by atoms with Crippen LogP contribution in [0.15, 0.2) is 28.7 Å². The standard InChI is InChI=1S/C20H23F3N5O4.C5H11NO.C2H2.K/c1-3-25-30-10-4-5-11-31-28-18-17(24)32-19(27-18)13-6-8-14(29-2)16-12(13)7-9-15(26-16)20(21,22)23;1-3-4(2)5(6)7;1-2;/h6-9,25H,3-5,10-11,24H2,1-2H3;4H,3H2,1-2H3,(H2,6,7);1-2H;/q-1;;;+1. The van der Waals surface area contributed by atoms with E-state index in [0.717, 1.165) is 25.5 Å². The second-order valence-electron chi connectivity index (χ2n) is 8.30. The Hall–Kier alpha value is -2.42. The normalized spacial score (nSPS) is 11.3. The van der Waals surface area contributed by atoms with E-state index in [2.05, 4.69) is 33.8 Å². The number of halogens is 3. The molecule has 1 aromatic carbocycles. The maximum absolute atomic E-state index is 13.1. The molecule has 2 aromatic heterocycles. The Bertz CT molecular complexity index is 1260. The number of primary amides is 1. The molecule has 0 aliphatic heterocycles. The number of hydrogen-bond acceptors (Lipinski definition) is 9. The first-order chi connectivity index (χ1) is 19.5. The van der Waals surface area contributed by atoms with E-state index in [1.165, 1.54) is 19.2 Å². The molecule has 11 nitrogen and oxygen atoms in total. The number of ether oxygens (including phenoxy) is 1. The Morgan fingerprint density at radius 3 is 2.36 bits per heavy atom. The molecule has 2 heterocycles. The molecular weight excluding hydrogens is 584 g/mol. The molecule has 0 aliphatic rings. The summed E-state index contributed by atoms with van der Waals surface area (Å²) in [5, 5.41) is 0.353. The van der Waals surface area contributed by atoms with Gasteiger partial charge in [-0.1, -0.05) is 20.8 Å². The molecular formula is C27H36F3KN6O5. The predicted octanol–water partition coefficient (Wildman–Crippen LogP) is 2.53. The van der Waals surface area contributed by atoms with Gasteiger partial charge in [0.1, 0.15) is 22.9 Å². The van der Waals surface area contributed by atoms with Gasteiger partial charge in [-0.2, -0.15) is 13.2 Å². The predicted molar refractivity (Wildman–Crippen MR) is 150 cm³/mol. The summed E-state index contributed by atoms with van der Waals surface area (Å²) in [5.74, 6) is 0.0356. The van der Waals surface area contributed by atoms with Crippen molar-refractivity contribution >= 4 is 28.5 Å². The SMILES string of the molecule is C#C.CCC(C)C(N)=O.CCNOCCCCO[N-]c1nc(-c2ccc(OC)c3nc(C(F)(F)F)ccc23)oc1N.[K+]. The van der Waals surface area contributed by atoms with Crippen molar-refractivity contribution in [3.05, 3.63) is 35.4 Å². The fourth-order valence-electron chi connectivity index (χ4n) is 3.03. The van der Waals surface area contributed by atoms with Crippen LogP contribution < -0.4 is 73.1 Å². The third-order valence-electron chi connectivity index (χ3n) is 5.42. The summed E-state index contributed by atoms with van der Waals surface area (Å²) >= 11 is 0. The smallest absolute Gasteiger partial charge is 0.494 e. The van der Waals surface area contributed by atoms with Crippen LogP contribution in [0.25, 0.3) is 27.8 Å². The Balaban J connectivity index is 0.00000147. The molecule has 1 amide bonds. The summed E-state index contributed by atoms with van der Waals surface area (Å²) in [6.07, 6.45) is 5.72. The number of aromatic nitrogens is 2. The summed E-state index contributed by atoms with van der Waals surface area (Å²) in [6.45, 7) is 7.29. The number of anilines is 1. The molecule has 0 spiro atoms. The molecule has 0 saturated heterocycles. The summed E-state index contributed by atoms with van der Waals surface area (Å²) in [5.41, 5.74) is 16.7. The summed E-state index contributed by atoms with van der Waals surface area (Å²) < 4.78 is 49.9. The zero-order chi connectivity index (χ0) is 31.0. The maximum atomic E-state index is 13.1. The topological polar surface area (TPSA) is 162 Å². The number of nitrogens with two attached hydrogens (primary N) is 2. The van der Waals surface area contributed by atoms with E-state index in [9.17, 15) is 18.0 Å². The number of nitrogen functional groups attached to an aromatic ring is 1. The van der Waals surface area contributed by atoms with Crippen molar-refractivity contribution in [1.82, 2.24) is 15.4 Å². The van der Waals surface area contributed by atoms with E-state index in [4.69, 9.17) is 30.3 Å². The minimum absolute atomic E-state index is 0. The van der Waals surface area contributed by atoms with Gasteiger partial charge in [-0.25, -0.2) is 10.5 Å². The van der Waals surface area contributed by atoms with E-state index < -0.39 is 11.9 Å². The van der Waals surface area contributed by atoms with Crippen LogP contribution in [0.1, 0.15) is 45.7 Å².